The first kappa shape index (κ1) is 24.8. The van der Waals surface area contributed by atoms with Crippen molar-refractivity contribution < 1.29 is 38.9 Å². The molecule has 37 heavy (non-hydrogen) atoms. The molecule has 2 amide bonds. The summed E-state index contributed by atoms with van der Waals surface area (Å²) < 4.78 is 10.4. The summed E-state index contributed by atoms with van der Waals surface area (Å²) in [6, 6.07) is 6.50. The lowest BCUT2D eigenvalue weighted by atomic mass is 10.0. The highest BCUT2D eigenvalue weighted by atomic mass is 16.5. The van der Waals surface area contributed by atoms with Gasteiger partial charge in [-0.15, -0.1) is 0 Å². The number of benzene rings is 2. The van der Waals surface area contributed by atoms with E-state index in [-0.39, 0.29) is 16.7 Å². The molecule has 0 radical (unpaired) electrons. The van der Waals surface area contributed by atoms with Crippen LogP contribution in [0.4, 0.5) is 0 Å². The Morgan fingerprint density at radius 1 is 1.14 bits per heavy atom. The van der Waals surface area contributed by atoms with Crippen LogP contribution in [-0.2, 0) is 9.59 Å². The van der Waals surface area contributed by atoms with E-state index < -0.39 is 52.9 Å². The van der Waals surface area contributed by atoms with Gasteiger partial charge < -0.3 is 35.1 Å². The van der Waals surface area contributed by atoms with Crippen LogP contribution in [0.25, 0.3) is 11.0 Å². The van der Waals surface area contributed by atoms with Gasteiger partial charge in [0.15, 0.2) is 18.1 Å². The molecule has 12 heteroatoms. The van der Waals surface area contributed by atoms with E-state index in [2.05, 4.69) is 22.0 Å². The Bertz CT molecular complexity index is 1490. The predicted molar refractivity (Wildman–Crippen MR) is 128 cm³/mol. The molecule has 2 heterocycles. The number of nitrogens with one attached hydrogen (secondary N) is 3. The fraction of sp³-hybridized carbons (Fsp3) is 0.120. The Balaban J connectivity index is 1.64. The number of aromatic hydroxyl groups is 2. The molecule has 0 aliphatic carbocycles. The molecule has 12 nitrogen and oxygen atoms in total. The molecule has 1 aliphatic heterocycles. The molecule has 0 saturated heterocycles. The summed E-state index contributed by atoms with van der Waals surface area (Å²) in [7, 11) is 0. The van der Waals surface area contributed by atoms with E-state index >= 15 is 0 Å². The summed E-state index contributed by atoms with van der Waals surface area (Å²) in [6.45, 7) is -0.106. The normalized spacial score (nSPS) is 13.0. The lowest BCUT2D eigenvalue weighted by molar-refractivity contribution is -0.139. The molecule has 4 rings (SSSR count). The molecule has 6 N–H and O–H groups in total. The zero-order valence-electron chi connectivity index (χ0n) is 19.0. The molecule has 2 aromatic carbocycles. The summed E-state index contributed by atoms with van der Waals surface area (Å²) in [5, 5.41) is 36.0. The maximum atomic E-state index is 13.1. The Morgan fingerprint density at radius 2 is 1.86 bits per heavy atom. The first-order chi connectivity index (χ1) is 17.7. The van der Waals surface area contributed by atoms with Gasteiger partial charge in [-0.2, -0.15) is 0 Å². The second-order valence-electron chi connectivity index (χ2n) is 7.78. The zero-order valence-corrected chi connectivity index (χ0v) is 19.0. The maximum Gasteiger partial charge on any atom is 0.341 e. The molecule has 0 bridgehead atoms. The predicted octanol–water partition coefficient (Wildman–Crippen LogP) is 1.06. The van der Waals surface area contributed by atoms with Gasteiger partial charge in [0.1, 0.15) is 48.0 Å². The third kappa shape index (κ3) is 5.66. The Labute approximate surface area is 208 Å². The van der Waals surface area contributed by atoms with Crippen molar-refractivity contribution in [3.8, 4) is 17.2 Å². The number of carbonyl (C=O) groups is 3. The molecule has 0 saturated carbocycles. The topological polar surface area (TPSA) is 187 Å². The van der Waals surface area contributed by atoms with Crippen LogP contribution in [0.5, 0.6) is 17.2 Å². The third-order valence-corrected chi connectivity index (χ3v) is 5.24. The molecule has 188 valence electrons. The smallest absolute Gasteiger partial charge is 0.341 e. The van der Waals surface area contributed by atoms with Crippen molar-refractivity contribution in [2.24, 2.45) is 0 Å². The van der Waals surface area contributed by atoms with Gasteiger partial charge >= 0.3 is 5.97 Å². The monoisotopic (exact) mass is 506 g/mol. The van der Waals surface area contributed by atoms with Crippen LogP contribution in [0.2, 0.25) is 0 Å². The number of dihydropyridines is 1. The van der Waals surface area contributed by atoms with Crippen molar-refractivity contribution >= 4 is 28.8 Å². The number of carboxylic acids is 1. The van der Waals surface area contributed by atoms with Crippen LogP contribution in [-0.4, -0.2) is 46.3 Å². The average molecular weight is 506 g/mol. The second kappa shape index (κ2) is 10.5. The van der Waals surface area contributed by atoms with Crippen LogP contribution in [0.15, 0.2) is 69.8 Å². The highest BCUT2D eigenvalue weighted by Gasteiger charge is 2.28. The van der Waals surface area contributed by atoms with Gasteiger partial charge in [-0.25, -0.2) is 4.79 Å². The van der Waals surface area contributed by atoms with E-state index in [0.29, 0.717) is 17.8 Å². The quantitative estimate of drug-likeness (QED) is 0.190. The number of allylic oxidation sites excluding steroid dienone is 1. The number of hydrogen-bond acceptors (Lipinski definition) is 9. The number of phenols is 2. The van der Waals surface area contributed by atoms with E-state index in [1.54, 1.807) is 6.08 Å². The van der Waals surface area contributed by atoms with Gasteiger partial charge in [-0.1, -0.05) is 12.1 Å². The molecule has 1 aromatic heterocycles. The standard InChI is InChI=1S/C25H19N3O9/c29-18-9-16-20(10-19(18)30)37-11-17(23(16)33)24(34)28-22(25(35)27-14-5-7-26-8-6-14)13-1-3-15(4-2-13)36-12-21(31)32/h1-5,8-11,22,26H,7,12H2,(H4-,27,28,29,30,31,32,33,34,35)/p+1. The average Bonchev–Trinajstić information content (AvgIpc) is 2.88. The number of fused-ring (bicyclic) bond motifs is 1. The van der Waals surface area contributed by atoms with Gasteiger partial charge in [0.05, 0.1) is 11.5 Å². The Kier molecular flexibility index (Phi) is 7.03. The van der Waals surface area contributed by atoms with Gasteiger partial charge in [0.2, 0.25) is 5.43 Å². The molecule has 1 aliphatic rings. The van der Waals surface area contributed by atoms with E-state index in [4.69, 9.17) is 14.3 Å². The molecule has 1 atom stereocenters. The first-order valence-electron chi connectivity index (χ1n) is 10.8. The minimum atomic E-state index is -1.29. The molecule has 3 aromatic rings. The number of hydrogen-bond donors (Lipinski definition) is 6. The number of carbonyl (C=O) groups excluding carboxylic acids is 2. The summed E-state index contributed by atoms with van der Waals surface area (Å²) >= 11 is 0. The van der Waals surface area contributed by atoms with Crippen molar-refractivity contribution in [3.05, 3.63) is 88.1 Å². The zero-order chi connectivity index (χ0) is 26.5. The third-order valence-electron chi connectivity index (χ3n) is 5.24. The Hall–Kier alpha value is -5.35. The van der Waals surface area contributed by atoms with Crippen molar-refractivity contribution in [3.63, 3.8) is 0 Å². The highest BCUT2D eigenvalue weighted by molar-refractivity contribution is 6.00. The first-order valence-corrected chi connectivity index (χ1v) is 10.8. The summed E-state index contributed by atoms with van der Waals surface area (Å²) in [5.74, 6) is -3.58. The summed E-state index contributed by atoms with van der Waals surface area (Å²) in [4.78, 5) is 49.9. The van der Waals surface area contributed by atoms with Gasteiger partial charge in [0.25, 0.3) is 17.5 Å². The van der Waals surface area contributed by atoms with Crippen molar-refractivity contribution in [2.75, 3.05) is 13.2 Å². The van der Waals surface area contributed by atoms with E-state index in [0.717, 1.165) is 18.4 Å². The number of phenolic OH excluding ortho intramolecular Hbond substituents is 2. The van der Waals surface area contributed by atoms with E-state index in [9.17, 15) is 29.4 Å². The van der Waals surface area contributed by atoms with Crippen LogP contribution in [0.3, 0.4) is 0 Å². The number of rotatable bonds is 8. The second-order valence-corrected chi connectivity index (χ2v) is 7.78. The molecular weight excluding hydrogens is 486 g/mol. The fourth-order valence-electron chi connectivity index (χ4n) is 3.42. The van der Waals surface area contributed by atoms with E-state index in [1.807, 2.05) is 0 Å². The van der Waals surface area contributed by atoms with Gasteiger partial charge in [0, 0.05) is 6.07 Å². The highest BCUT2D eigenvalue weighted by Crippen LogP contribution is 2.29. The SMILES string of the molecule is O=C(O)COc1ccc(C(NC(=O)c2coc3cc(O)c(O)cc3c2=O)C(=O)NC2=CCNC=[C+]2)cc1. The largest absolute Gasteiger partial charge is 0.504 e. The molecule has 0 fully saturated rings. The van der Waals surface area contributed by atoms with Crippen LogP contribution in [0, 0.1) is 6.08 Å². The minimum absolute atomic E-state index is 0.0525. The summed E-state index contributed by atoms with van der Waals surface area (Å²) in [6.07, 6.45) is 6.89. The number of ether oxygens (including phenoxy) is 1. The molecule has 1 unspecified atom stereocenters. The van der Waals surface area contributed by atoms with Crippen molar-refractivity contribution in [1.82, 2.24) is 16.0 Å². The van der Waals surface area contributed by atoms with Gasteiger partial charge in [-0.3, -0.25) is 19.7 Å². The van der Waals surface area contributed by atoms with Crippen molar-refractivity contribution in [1.29, 1.82) is 0 Å². The van der Waals surface area contributed by atoms with Crippen molar-refractivity contribution in [2.45, 2.75) is 6.04 Å². The Morgan fingerprint density at radius 3 is 2.54 bits per heavy atom. The maximum absolute atomic E-state index is 13.1. The molecule has 0 spiro atoms. The lowest BCUT2D eigenvalue weighted by Gasteiger charge is -2.18. The number of amides is 2. The van der Waals surface area contributed by atoms with E-state index in [1.165, 1.54) is 30.5 Å². The number of carboxylic acid groups (broad SMARTS) is 1. The minimum Gasteiger partial charge on any atom is -0.504 e. The molecular formula is C25H20N3O9+. The van der Waals surface area contributed by atoms with Crippen LogP contribution >= 0.6 is 0 Å². The van der Waals surface area contributed by atoms with Crippen LogP contribution < -0.4 is 26.1 Å². The van der Waals surface area contributed by atoms with Gasteiger partial charge in [-0.05, 0) is 23.8 Å². The fourth-order valence-corrected chi connectivity index (χ4v) is 3.42. The number of aliphatic carboxylic acids is 1. The summed E-state index contributed by atoms with van der Waals surface area (Å²) in [5.41, 5.74) is -0.611. The van der Waals surface area contributed by atoms with Crippen LogP contribution in [0.1, 0.15) is 22.0 Å². The lowest BCUT2D eigenvalue weighted by Crippen LogP contribution is -2.41.